The molecule has 1 atom stereocenters. The Kier molecular flexibility index (Phi) is 7.26. The average Bonchev–Trinajstić information content (AvgIpc) is 3.51. The van der Waals surface area contributed by atoms with Gasteiger partial charge in [-0.3, -0.25) is 19.5 Å². The molecule has 0 N–H and O–H groups in total. The number of ether oxygens (including phenoxy) is 1. The van der Waals surface area contributed by atoms with Gasteiger partial charge in [-0.1, -0.05) is 71.8 Å². The topological polar surface area (TPSA) is 117 Å². The number of hydrogen-bond acceptors (Lipinski definition) is 8. The summed E-state index contributed by atoms with van der Waals surface area (Å²) in [6.07, 6.45) is 2.02. The molecular weight excluding hydrogens is 565 g/mol. The molecule has 0 spiro atoms. The van der Waals surface area contributed by atoms with Crippen LogP contribution in [-0.2, 0) is 9.53 Å². The molecule has 1 aliphatic heterocycles. The number of carbonyl (C=O) groups is 1. The second-order valence-corrected chi connectivity index (χ2v) is 10.3. The average molecular weight is 584 g/mol. The van der Waals surface area contributed by atoms with Crippen molar-refractivity contribution in [3.8, 4) is 11.3 Å². The van der Waals surface area contributed by atoms with Gasteiger partial charge in [-0.15, -0.1) is 0 Å². The number of furan rings is 1. The second kappa shape index (κ2) is 10.6. The lowest BCUT2D eigenvalue weighted by Crippen LogP contribution is -2.40. The first-order chi connectivity index (χ1) is 18.7. The number of benzene rings is 2. The molecule has 1 aliphatic rings. The standard InChI is InChI=1S/C27H19Cl2N3O6S/c1-3-19-23(26(34)37-2)24(14-7-5-4-6-8-14)31-25(33)22(39-27(31)30-19)11-15-9-10-21(38-15)16-12-20(32(35)36)18(29)13-17(16)28/h4-13,24H,3H2,1-2H3/b22-11-/t24-/m0/s1. The van der Waals surface area contributed by atoms with E-state index in [1.807, 2.05) is 37.3 Å². The van der Waals surface area contributed by atoms with Crippen molar-refractivity contribution >= 4 is 52.3 Å². The van der Waals surface area contributed by atoms with Crippen molar-refractivity contribution in [2.45, 2.75) is 19.4 Å². The van der Waals surface area contributed by atoms with Gasteiger partial charge in [-0.05, 0) is 30.2 Å². The number of allylic oxidation sites excluding steroid dienone is 1. The molecule has 9 nitrogen and oxygen atoms in total. The van der Waals surface area contributed by atoms with Crippen LogP contribution < -0.4 is 14.9 Å². The van der Waals surface area contributed by atoms with Gasteiger partial charge in [0.2, 0.25) is 0 Å². The van der Waals surface area contributed by atoms with E-state index in [2.05, 4.69) is 4.99 Å². The molecule has 39 heavy (non-hydrogen) atoms. The zero-order valence-corrected chi connectivity index (χ0v) is 22.8. The van der Waals surface area contributed by atoms with Crippen LogP contribution in [0.25, 0.3) is 17.4 Å². The van der Waals surface area contributed by atoms with E-state index in [1.54, 1.807) is 18.2 Å². The van der Waals surface area contributed by atoms with Crippen LogP contribution in [0.3, 0.4) is 0 Å². The molecule has 0 saturated carbocycles. The molecular formula is C27H19Cl2N3O6S. The smallest absolute Gasteiger partial charge is 0.338 e. The van der Waals surface area contributed by atoms with Crippen LogP contribution >= 0.6 is 34.5 Å². The van der Waals surface area contributed by atoms with Gasteiger partial charge in [0.15, 0.2) is 4.80 Å². The molecule has 2 aromatic carbocycles. The van der Waals surface area contributed by atoms with Crippen molar-refractivity contribution in [2.75, 3.05) is 7.11 Å². The molecule has 12 heteroatoms. The Bertz CT molecular complexity index is 1840. The Labute approximate surface area is 235 Å². The first kappa shape index (κ1) is 26.6. The van der Waals surface area contributed by atoms with E-state index in [-0.39, 0.29) is 32.6 Å². The summed E-state index contributed by atoms with van der Waals surface area (Å²) in [6.45, 7) is 1.88. The number of nitro groups is 1. The van der Waals surface area contributed by atoms with E-state index in [0.29, 0.717) is 32.8 Å². The van der Waals surface area contributed by atoms with Crippen molar-refractivity contribution in [1.29, 1.82) is 0 Å². The molecule has 0 saturated heterocycles. The predicted octanol–water partition coefficient (Wildman–Crippen LogP) is 5.27. The van der Waals surface area contributed by atoms with E-state index in [4.69, 9.17) is 32.4 Å². The number of halogens is 2. The highest BCUT2D eigenvalue weighted by atomic mass is 35.5. The van der Waals surface area contributed by atoms with Gasteiger partial charge in [0.1, 0.15) is 16.5 Å². The summed E-state index contributed by atoms with van der Waals surface area (Å²) in [4.78, 5) is 42.3. The second-order valence-electron chi connectivity index (χ2n) is 8.44. The van der Waals surface area contributed by atoms with Gasteiger partial charge in [0.05, 0.1) is 38.9 Å². The molecule has 0 fully saturated rings. The molecule has 2 aromatic heterocycles. The molecule has 0 unspecified atom stereocenters. The highest BCUT2D eigenvalue weighted by molar-refractivity contribution is 7.07. The molecule has 0 amide bonds. The summed E-state index contributed by atoms with van der Waals surface area (Å²) < 4.78 is 12.8. The number of hydrogen-bond donors (Lipinski definition) is 0. The lowest BCUT2D eigenvalue weighted by Gasteiger charge is -2.25. The van der Waals surface area contributed by atoms with Crippen LogP contribution in [0.2, 0.25) is 10.0 Å². The number of methoxy groups -OCH3 is 1. The van der Waals surface area contributed by atoms with E-state index >= 15 is 0 Å². The molecule has 4 aromatic rings. The first-order valence-electron chi connectivity index (χ1n) is 11.6. The normalized spacial score (nSPS) is 15.2. The molecule has 3 heterocycles. The van der Waals surface area contributed by atoms with Gasteiger partial charge in [-0.2, -0.15) is 0 Å². The highest BCUT2D eigenvalue weighted by Crippen LogP contribution is 2.37. The van der Waals surface area contributed by atoms with Crippen LogP contribution in [0.1, 0.15) is 30.7 Å². The Morgan fingerprint density at radius 1 is 1.21 bits per heavy atom. The summed E-state index contributed by atoms with van der Waals surface area (Å²) in [5.74, 6) is 0.0358. The quantitative estimate of drug-likeness (QED) is 0.173. The van der Waals surface area contributed by atoms with Crippen LogP contribution in [0, 0.1) is 10.1 Å². The number of esters is 1. The Balaban J connectivity index is 1.65. The third kappa shape index (κ3) is 4.82. The molecule has 198 valence electrons. The first-order valence-corrected chi connectivity index (χ1v) is 13.2. The SMILES string of the molecule is CCC1=C(C(=O)OC)[C@H](c2ccccc2)n2c(s/c(=C\c3ccc(-c4cc([N+](=O)[O-])c(Cl)cc4Cl)o3)c2=O)=N1. The number of nitro benzene ring substituents is 1. The van der Waals surface area contributed by atoms with Crippen LogP contribution in [-0.4, -0.2) is 22.6 Å². The van der Waals surface area contributed by atoms with E-state index < -0.39 is 16.9 Å². The molecule has 0 aliphatic carbocycles. The van der Waals surface area contributed by atoms with Crippen molar-refractivity contribution in [1.82, 2.24) is 4.57 Å². The van der Waals surface area contributed by atoms with Crippen molar-refractivity contribution in [3.05, 3.63) is 117 Å². The number of aromatic nitrogens is 1. The fourth-order valence-electron chi connectivity index (χ4n) is 4.39. The maximum atomic E-state index is 13.7. The van der Waals surface area contributed by atoms with E-state index in [1.165, 1.54) is 23.8 Å². The monoisotopic (exact) mass is 583 g/mol. The zero-order chi connectivity index (χ0) is 27.8. The van der Waals surface area contributed by atoms with Crippen molar-refractivity contribution in [3.63, 3.8) is 0 Å². The Morgan fingerprint density at radius 3 is 2.62 bits per heavy atom. The highest BCUT2D eigenvalue weighted by Gasteiger charge is 2.33. The number of rotatable bonds is 6. The number of fused-ring (bicyclic) bond motifs is 1. The van der Waals surface area contributed by atoms with Crippen LogP contribution in [0.15, 0.2) is 80.1 Å². The maximum absolute atomic E-state index is 13.7. The predicted molar refractivity (Wildman–Crippen MR) is 148 cm³/mol. The minimum Gasteiger partial charge on any atom is -0.466 e. The van der Waals surface area contributed by atoms with E-state index in [0.717, 1.165) is 16.9 Å². The van der Waals surface area contributed by atoms with Crippen molar-refractivity contribution in [2.24, 2.45) is 4.99 Å². The van der Waals surface area contributed by atoms with Crippen LogP contribution in [0.5, 0.6) is 0 Å². The van der Waals surface area contributed by atoms with Crippen molar-refractivity contribution < 1.29 is 18.9 Å². The maximum Gasteiger partial charge on any atom is 0.338 e. The third-order valence-corrected chi connectivity index (χ3v) is 7.76. The zero-order valence-electron chi connectivity index (χ0n) is 20.5. The summed E-state index contributed by atoms with van der Waals surface area (Å²) in [6, 6.07) is 14.2. The Morgan fingerprint density at radius 2 is 1.95 bits per heavy atom. The minimum absolute atomic E-state index is 0.0904. The lowest BCUT2D eigenvalue weighted by molar-refractivity contribution is -0.384. The molecule has 0 bridgehead atoms. The lowest BCUT2D eigenvalue weighted by atomic mass is 9.95. The number of carbonyl (C=O) groups excluding carboxylic acids is 1. The largest absolute Gasteiger partial charge is 0.466 e. The van der Waals surface area contributed by atoms with Gasteiger partial charge in [0.25, 0.3) is 11.2 Å². The summed E-state index contributed by atoms with van der Waals surface area (Å²) in [5, 5.41) is 11.4. The molecule has 0 radical (unpaired) electrons. The fourth-order valence-corrected chi connectivity index (χ4v) is 5.93. The third-order valence-electron chi connectivity index (χ3n) is 6.16. The summed E-state index contributed by atoms with van der Waals surface area (Å²) in [7, 11) is 1.30. The van der Waals surface area contributed by atoms with Gasteiger partial charge in [0, 0.05) is 17.7 Å². The number of nitrogens with zero attached hydrogens (tertiary/aromatic N) is 3. The molecule has 5 rings (SSSR count). The van der Waals surface area contributed by atoms with Gasteiger partial charge in [-0.25, -0.2) is 9.79 Å². The fraction of sp³-hybridized carbons (Fsp3) is 0.148. The van der Waals surface area contributed by atoms with Crippen LogP contribution in [0.4, 0.5) is 5.69 Å². The van der Waals surface area contributed by atoms with Gasteiger partial charge < -0.3 is 9.15 Å². The van der Waals surface area contributed by atoms with Gasteiger partial charge >= 0.3 is 5.97 Å². The number of thiazole rings is 1. The van der Waals surface area contributed by atoms with E-state index in [9.17, 15) is 19.7 Å². The minimum atomic E-state index is -0.715. The summed E-state index contributed by atoms with van der Waals surface area (Å²) in [5.41, 5.74) is 1.21. The summed E-state index contributed by atoms with van der Waals surface area (Å²) >= 11 is 13.4. The Hall–Kier alpha value is -3.99.